The van der Waals surface area contributed by atoms with Gasteiger partial charge in [-0.25, -0.2) is 8.91 Å². The van der Waals surface area contributed by atoms with Gasteiger partial charge >= 0.3 is 0 Å². The van der Waals surface area contributed by atoms with E-state index in [2.05, 4.69) is 10.4 Å². The minimum atomic E-state index is -0.568. The molecule has 4 aliphatic carbocycles. The summed E-state index contributed by atoms with van der Waals surface area (Å²) in [6.45, 7) is 0.259. The van der Waals surface area contributed by atoms with Crippen LogP contribution in [0.1, 0.15) is 54.6 Å². The van der Waals surface area contributed by atoms with Crippen LogP contribution in [0.3, 0.4) is 0 Å². The summed E-state index contributed by atoms with van der Waals surface area (Å²) in [4.78, 5) is 26.7. The van der Waals surface area contributed by atoms with Crippen molar-refractivity contribution < 1.29 is 14.0 Å². The Kier molecular flexibility index (Phi) is 5.22. The number of likely N-dealkylation sites (N-methyl/N-ethyl adjacent to an activating group) is 1. The molecule has 4 aliphatic rings. The Morgan fingerprint density at radius 1 is 1.23 bits per heavy atom. The molecule has 0 aliphatic heterocycles. The van der Waals surface area contributed by atoms with Crippen LogP contribution >= 0.6 is 0 Å². The van der Waals surface area contributed by atoms with Gasteiger partial charge < -0.3 is 10.2 Å². The second kappa shape index (κ2) is 7.92. The number of pyridine rings is 1. The van der Waals surface area contributed by atoms with Gasteiger partial charge in [-0.05, 0) is 79.9 Å². The monoisotopic (exact) mass is 426 g/mol. The largest absolute Gasteiger partial charge is 0.351 e. The predicted octanol–water partition coefficient (Wildman–Crippen LogP) is 3.25. The van der Waals surface area contributed by atoms with E-state index in [9.17, 15) is 14.0 Å². The Morgan fingerprint density at radius 3 is 2.55 bits per heavy atom. The summed E-state index contributed by atoms with van der Waals surface area (Å²) in [7, 11) is 1.58. The van der Waals surface area contributed by atoms with Crippen molar-refractivity contribution in [2.24, 2.45) is 23.2 Å². The fourth-order valence-electron chi connectivity index (χ4n) is 6.76. The number of carbonyl (C=O) groups excluding carboxylic acids is 2. The van der Waals surface area contributed by atoms with Gasteiger partial charge in [-0.1, -0.05) is 0 Å². The minimum absolute atomic E-state index is 0.0736. The number of rotatable bonds is 7. The number of amides is 2. The molecule has 0 saturated heterocycles. The van der Waals surface area contributed by atoms with Crippen LogP contribution in [0.25, 0.3) is 5.52 Å². The van der Waals surface area contributed by atoms with Crippen molar-refractivity contribution in [3.63, 3.8) is 0 Å². The highest BCUT2D eigenvalue weighted by Gasteiger charge is 2.50. The van der Waals surface area contributed by atoms with Gasteiger partial charge in [-0.2, -0.15) is 5.10 Å². The van der Waals surface area contributed by atoms with Crippen molar-refractivity contribution in [1.82, 2.24) is 19.8 Å². The summed E-state index contributed by atoms with van der Waals surface area (Å²) in [5, 5.41) is 7.68. The quantitative estimate of drug-likeness (QED) is 0.739. The number of alkyl halides is 1. The topological polar surface area (TPSA) is 66.7 Å². The summed E-state index contributed by atoms with van der Waals surface area (Å²) < 4.78 is 14.2. The fraction of sp³-hybridized carbons (Fsp3) is 0.625. The SMILES string of the molecule is CN(CCF)C(=O)Cc1cc2c(C(=O)NCC34CC5CC(CC(C5)C3)C4)cccn2n1. The number of hydrogen-bond acceptors (Lipinski definition) is 3. The lowest BCUT2D eigenvalue weighted by Gasteiger charge is -2.56. The fourth-order valence-corrected chi connectivity index (χ4v) is 6.76. The lowest BCUT2D eigenvalue weighted by atomic mass is 9.49. The lowest BCUT2D eigenvalue weighted by Crippen LogP contribution is -2.51. The molecule has 0 atom stereocenters. The molecule has 4 fully saturated rings. The van der Waals surface area contributed by atoms with E-state index in [4.69, 9.17) is 0 Å². The van der Waals surface area contributed by atoms with Gasteiger partial charge in [0.1, 0.15) is 6.67 Å². The summed E-state index contributed by atoms with van der Waals surface area (Å²) in [6, 6.07) is 5.41. The summed E-state index contributed by atoms with van der Waals surface area (Å²) in [6.07, 6.45) is 9.83. The maximum Gasteiger partial charge on any atom is 0.253 e. The normalized spacial score (nSPS) is 28.8. The van der Waals surface area contributed by atoms with Gasteiger partial charge in [0.15, 0.2) is 0 Å². The number of fused-ring (bicyclic) bond motifs is 1. The van der Waals surface area contributed by atoms with E-state index in [1.807, 2.05) is 6.07 Å². The third-order valence-electron chi connectivity index (χ3n) is 7.76. The number of carbonyl (C=O) groups is 2. The van der Waals surface area contributed by atoms with Gasteiger partial charge in [-0.15, -0.1) is 0 Å². The molecule has 0 unspecified atom stereocenters. The molecule has 166 valence electrons. The molecule has 2 aromatic rings. The van der Waals surface area contributed by atoms with Crippen molar-refractivity contribution in [3.05, 3.63) is 35.7 Å². The molecule has 2 heterocycles. The Labute approximate surface area is 182 Å². The van der Waals surface area contributed by atoms with Crippen molar-refractivity contribution in [2.75, 3.05) is 26.8 Å². The molecular weight excluding hydrogens is 395 g/mol. The molecule has 0 aromatic carbocycles. The highest BCUT2D eigenvalue weighted by molar-refractivity contribution is 6.00. The van der Waals surface area contributed by atoms with Gasteiger partial charge in [0.05, 0.1) is 23.2 Å². The Balaban J connectivity index is 1.29. The molecule has 4 bridgehead atoms. The molecule has 4 saturated carbocycles. The Hall–Kier alpha value is -2.44. The number of nitrogens with zero attached hydrogens (tertiary/aromatic N) is 3. The zero-order chi connectivity index (χ0) is 21.6. The van der Waals surface area contributed by atoms with E-state index in [1.165, 1.54) is 43.4 Å². The first-order valence-corrected chi connectivity index (χ1v) is 11.5. The van der Waals surface area contributed by atoms with Gasteiger partial charge in [-0.3, -0.25) is 9.59 Å². The van der Waals surface area contributed by atoms with Gasteiger partial charge in [0.2, 0.25) is 5.91 Å². The molecule has 31 heavy (non-hydrogen) atoms. The molecule has 1 N–H and O–H groups in total. The van der Waals surface area contributed by atoms with Crippen LogP contribution in [-0.4, -0.2) is 53.1 Å². The molecule has 2 amide bonds. The molecular formula is C24H31FN4O2. The smallest absolute Gasteiger partial charge is 0.253 e. The van der Waals surface area contributed by atoms with E-state index >= 15 is 0 Å². The maximum absolute atomic E-state index is 13.1. The van der Waals surface area contributed by atoms with Crippen LogP contribution < -0.4 is 5.32 Å². The van der Waals surface area contributed by atoms with Crippen LogP contribution in [0.4, 0.5) is 4.39 Å². The highest BCUT2D eigenvalue weighted by Crippen LogP contribution is 2.59. The first-order valence-electron chi connectivity index (χ1n) is 11.5. The lowest BCUT2D eigenvalue weighted by molar-refractivity contribution is -0.129. The van der Waals surface area contributed by atoms with Gasteiger partial charge in [0.25, 0.3) is 5.91 Å². The van der Waals surface area contributed by atoms with E-state index in [-0.39, 0.29) is 30.2 Å². The number of nitrogens with one attached hydrogen (secondary N) is 1. The van der Waals surface area contributed by atoms with E-state index in [0.29, 0.717) is 16.8 Å². The van der Waals surface area contributed by atoms with Crippen LogP contribution in [0, 0.1) is 23.2 Å². The molecule has 0 spiro atoms. The van der Waals surface area contributed by atoms with Crippen LogP contribution in [0.2, 0.25) is 0 Å². The third-order valence-corrected chi connectivity index (χ3v) is 7.76. The Morgan fingerprint density at radius 2 is 1.90 bits per heavy atom. The van der Waals surface area contributed by atoms with Crippen molar-refractivity contribution in [3.8, 4) is 0 Å². The summed E-state index contributed by atoms with van der Waals surface area (Å²) in [5.74, 6) is 2.31. The number of halogens is 1. The van der Waals surface area contributed by atoms with Crippen LogP contribution in [-0.2, 0) is 11.2 Å². The zero-order valence-corrected chi connectivity index (χ0v) is 18.1. The number of aromatic nitrogens is 2. The van der Waals surface area contributed by atoms with E-state index in [1.54, 1.807) is 29.9 Å². The minimum Gasteiger partial charge on any atom is -0.351 e. The van der Waals surface area contributed by atoms with Crippen molar-refractivity contribution in [2.45, 2.75) is 44.9 Å². The summed E-state index contributed by atoms with van der Waals surface area (Å²) >= 11 is 0. The van der Waals surface area contributed by atoms with Crippen LogP contribution in [0.5, 0.6) is 0 Å². The average Bonchev–Trinajstić information content (AvgIpc) is 3.13. The molecule has 0 radical (unpaired) electrons. The zero-order valence-electron chi connectivity index (χ0n) is 18.1. The predicted molar refractivity (Wildman–Crippen MR) is 115 cm³/mol. The molecule has 6 nitrogen and oxygen atoms in total. The highest BCUT2D eigenvalue weighted by atomic mass is 19.1. The molecule has 7 heteroatoms. The second-order valence-electron chi connectivity index (χ2n) is 10.2. The first-order chi connectivity index (χ1) is 14.9. The Bertz CT molecular complexity index is 965. The van der Waals surface area contributed by atoms with Crippen LogP contribution in [0.15, 0.2) is 24.4 Å². The molecule has 2 aromatic heterocycles. The second-order valence-corrected chi connectivity index (χ2v) is 10.2. The molecule has 6 rings (SSSR count). The third kappa shape index (κ3) is 3.94. The maximum atomic E-state index is 13.1. The number of hydrogen-bond donors (Lipinski definition) is 1. The summed E-state index contributed by atoms with van der Waals surface area (Å²) in [5.41, 5.74) is 2.14. The van der Waals surface area contributed by atoms with Crippen molar-refractivity contribution >= 4 is 17.3 Å². The average molecular weight is 427 g/mol. The first kappa shape index (κ1) is 20.5. The standard InChI is InChI=1S/C24H31FN4O2/c1-28(6-4-25)22(30)11-19-10-21-20(3-2-5-29(21)27-19)23(31)26-15-24-12-16-7-17(13-24)9-18(8-16)14-24/h2-3,5,10,16-18H,4,6-9,11-15H2,1H3,(H,26,31). The van der Waals surface area contributed by atoms with E-state index in [0.717, 1.165) is 24.3 Å². The van der Waals surface area contributed by atoms with Gasteiger partial charge in [0, 0.05) is 26.3 Å². The van der Waals surface area contributed by atoms with Crippen molar-refractivity contribution in [1.29, 1.82) is 0 Å². The van der Waals surface area contributed by atoms with E-state index < -0.39 is 6.67 Å².